The minimum Gasteiger partial charge on any atom is -0.383 e. The second kappa shape index (κ2) is 5.40. The van der Waals surface area contributed by atoms with Gasteiger partial charge in [-0.25, -0.2) is 4.98 Å². The summed E-state index contributed by atoms with van der Waals surface area (Å²) in [6.07, 6.45) is 6.88. The molecule has 0 saturated carbocycles. The summed E-state index contributed by atoms with van der Waals surface area (Å²) in [6, 6.07) is 13.1. The van der Waals surface area contributed by atoms with Crippen LogP contribution in [0.5, 0.6) is 0 Å². The monoisotopic (exact) mass is 293 g/mol. The lowest BCUT2D eigenvalue weighted by molar-refractivity contribution is 0.152. The van der Waals surface area contributed by atoms with Crippen LogP contribution in [0, 0.1) is 0 Å². The molecule has 114 valence electrons. The Bertz CT molecular complexity index is 672. The Hall–Kier alpha value is -1.87. The van der Waals surface area contributed by atoms with Crippen molar-refractivity contribution in [3.63, 3.8) is 0 Å². The van der Waals surface area contributed by atoms with Crippen LogP contribution >= 0.6 is 0 Å². The van der Waals surface area contributed by atoms with Gasteiger partial charge in [0, 0.05) is 18.3 Å². The number of aryl methyl sites for hydroxylation is 1. The van der Waals surface area contributed by atoms with E-state index in [0.717, 1.165) is 25.2 Å². The maximum absolute atomic E-state index is 5.98. The zero-order valence-corrected chi connectivity index (χ0v) is 13.0. The molecular formula is C19H23N3. The van der Waals surface area contributed by atoms with E-state index in [4.69, 9.17) is 5.73 Å². The van der Waals surface area contributed by atoms with E-state index in [0.29, 0.717) is 11.2 Å². The zero-order valence-electron chi connectivity index (χ0n) is 13.0. The Morgan fingerprint density at radius 1 is 1.05 bits per heavy atom. The summed E-state index contributed by atoms with van der Waals surface area (Å²) in [6.45, 7) is 3.24. The van der Waals surface area contributed by atoms with E-state index in [1.165, 1.54) is 25.7 Å². The molecule has 0 unspecified atom stereocenters. The van der Waals surface area contributed by atoms with Gasteiger partial charge < -0.3 is 5.73 Å². The van der Waals surface area contributed by atoms with Gasteiger partial charge in [0.2, 0.25) is 0 Å². The Kier molecular flexibility index (Phi) is 3.38. The van der Waals surface area contributed by atoms with Gasteiger partial charge in [-0.05, 0) is 61.4 Å². The van der Waals surface area contributed by atoms with E-state index >= 15 is 0 Å². The van der Waals surface area contributed by atoms with Crippen LogP contribution in [-0.2, 0) is 18.4 Å². The van der Waals surface area contributed by atoms with Crippen molar-refractivity contribution in [3.05, 3.63) is 59.3 Å². The number of piperidine rings is 1. The minimum absolute atomic E-state index is 0.438. The normalized spacial score (nSPS) is 20.2. The van der Waals surface area contributed by atoms with Gasteiger partial charge in [0.05, 0.1) is 0 Å². The number of rotatable bonds is 2. The Morgan fingerprint density at radius 3 is 2.68 bits per heavy atom. The largest absolute Gasteiger partial charge is 0.383 e. The quantitative estimate of drug-likeness (QED) is 0.925. The van der Waals surface area contributed by atoms with Crippen LogP contribution < -0.4 is 5.73 Å². The molecule has 4 rings (SSSR count). The molecule has 22 heavy (non-hydrogen) atoms. The van der Waals surface area contributed by atoms with Crippen molar-refractivity contribution in [1.82, 2.24) is 9.88 Å². The number of hydrogen-bond donors (Lipinski definition) is 1. The van der Waals surface area contributed by atoms with Crippen molar-refractivity contribution in [2.75, 3.05) is 18.8 Å². The molecule has 1 aliphatic heterocycles. The highest BCUT2D eigenvalue weighted by atomic mass is 15.1. The molecule has 1 aromatic heterocycles. The zero-order chi connectivity index (χ0) is 15.0. The molecule has 2 aliphatic rings. The fraction of sp³-hybridized carbons (Fsp3) is 0.421. The van der Waals surface area contributed by atoms with Gasteiger partial charge >= 0.3 is 0 Å². The number of hydrogen-bond acceptors (Lipinski definition) is 3. The van der Waals surface area contributed by atoms with E-state index < -0.39 is 0 Å². The molecular weight excluding hydrogens is 270 g/mol. The average Bonchev–Trinajstić information content (AvgIpc) is 2.91. The first-order valence-corrected chi connectivity index (χ1v) is 8.27. The Morgan fingerprint density at radius 2 is 1.86 bits per heavy atom. The number of nitrogen functional groups attached to an aromatic ring is 1. The van der Waals surface area contributed by atoms with Crippen molar-refractivity contribution in [3.8, 4) is 0 Å². The van der Waals surface area contributed by atoms with Gasteiger partial charge in [-0.2, -0.15) is 0 Å². The molecule has 1 aromatic carbocycles. The number of pyridine rings is 1. The molecule has 1 saturated heterocycles. The maximum atomic E-state index is 5.98. The molecule has 3 heteroatoms. The molecule has 0 bridgehead atoms. The van der Waals surface area contributed by atoms with E-state index in [1.54, 1.807) is 17.3 Å². The first kappa shape index (κ1) is 13.8. The lowest BCUT2D eigenvalue weighted by atomic mass is 9.74. The average molecular weight is 293 g/mol. The van der Waals surface area contributed by atoms with Crippen LogP contribution in [0.2, 0.25) is 0 Å². The highest BCUT2D eigenvalue weighted by molar-refractivity contribution is 5.40. The van der Waals surface area contributed by atoms with Crippen molar-refractivity contribution in [1.29, 1.82) is 0 Å². The molecule has 0 amide bonds. The Labute approximate surface area is 132 Å². The molecule has 0 radical (unpaired) electrons. The number of aromatic nitrogens is 1. The fourth-order valence-electron chi connectivity index (χ4n) is 4.25. The number of benzene rings is 1. The second-order valence-electron chi connectivity index (χ2n) is 6.76. The lowest BCUT2D eigenvalue weighted by Gasteiger charge is -2.40. The predicted molar refractivity (Wildman–Crippen MR) is 89.6 cm³/mol. The summed E-state index contributed by atoms with van der Waals surface area (Å²) in [4.78, 5) is 6.72. The van der Waals surface area contributed by atoms with E-state index in [9.17, 15) is 0 Å². The number of fused-ring (bicyclic) bond motifs is 2. The standard InChI is InChI=1S/C19H23N3/c20-18-16(5-3-11-21-18)14-22-12-9-19(10-13-22)8-7-15-4-1-2-6-17(15)19/h1-6,11H,7-10,12-14H2,(H2,20,21). The van der Waals surface area contributed by atoms with Gasteiger partial charge in [0.1, 0.15) is 5.82 Å². The first-order valence-electron chi connectivity index (χ1n) is 8.27. The van der Waals surface area contributed by atoms with Crippen LogP contribution in [0.4, 0.5) is 5.82 Å². The molecule has 1 spiro atoms. The molecule has 2 N–H and O–H groups in total. The minimum atomic E-state index is 0.438. The Balaban J connectivity index is 1.47. The molecule has 1 fully saturated rings. The third-order valence-electron chi connectivity index (χ3n) is 5.59. The van der Waals surface area contributed by atoms with Gasteiger partial charge in [0.25, 0.3) is 0 Å². The summed E-state index contributed by atoms with van der Waals surface area (Å²) < 4.78 is 0. The van der Waals surface area contributed by atoms with Crippen molar-refractivity contribution >= 4 is 5.82 Å². The highest BCUT2D eigenvalue weighted by Crippen LogP contribution is 2.46. The number of nitrogens with zero attached hydrogens (tertiary/aromatic N) is 2. The van der Waals surface area contributed by atoms with Gasteiger partial charge in [0.15, 0.2) is 0 Å². The summed E-state index contributed by atoms with van der Waals surface area (Å²) in [7, 11) is 0. The molecule has 1 aliphatic carbocycles. The SMILES string of the molecule is Nc1ncccc1CN1CCC2(CCc3ccccc32)CC1. The van der Waals surface area contributed by atoms with Crippen LogP contribution in [0.3, 0.4) is 0 Å². The van der Waals surface area contributed by atoms with Crippen LogP contribution in [-0.4, -0.2) is 23.0 Å². The first-order chi connectivity index (χ1) is 10.8. The molecule has 2 aromatic rings. The number of likely N-dealkylation sites (tertiary alicyclic amines) is 1. The van der Waals surface area contributed by atoms with Gasteiger partial charge in [-0.3, -0.25) is 4.90 Å². The topological polar surface area (TPSA) is 42.1 Å². The highest BCUT2D eigenvalue weighted by Gasteiger charge is 2.40. The van der Waals surface area contributed by atoms with Crippen LogP contribution in [0.25, 0.3) is 0 Å². The van der Waals surface area contributed by atoms with Gasteiger partial charge in [-0.1, -0.05) is 30.3 Å². The summed E-state index contributed by atoms with van der Waals surface area (Å²) in [5.41, 5.74) is 10.8. The second-order valence-corrected chi connectivity index (χ2v) is 6.76. The van der Waals surface area contributed by atoms with Crippen molar-refractivity contribution in [2.24, 2.45) is 0 Å². The van der Waals surface area contributed by atoms with Crippen molar-refractivity contribution < 1.29 is 0 Å². The summed E-state index contributed by atoms with van der Waals surface area (Å²) in [5, 5.41) is 0. The molecule has 2 heterocycles. The van der Waals surface area contributed by atoms with Gasteiger partial charge in [-0.15, -0.1) is 0 Å². The number of nitrogens with two attached hydrogens (primary N) is 1. The smallest absolute Gasteiger partial charge is 0.127 e. The summed E-state index contributed by atoms with van der Waals surface area (Å²) in [5.74, 6) is 0.675. The van der Waals surface area contributed by atoms with E-state index in [-0.39, 0.29) is 0 Å². The third kappa shape index (κ3) is 2.30. The van der Waals surface area contributed by atoms with E-state index in [1.807, 2.05) is 6.07 Å². The summed E-state index contributed by atoms with van der Waals surface area (Å²) >= 11 is 0. The maximum Gasteiger partial charge on any atom is 0.127 e. The van der Waals surface area contributed by atoms with Crippen molar-refractivity contribution in [2.45, 2.75) is 37.6 Å². The number of anilines is 1. The molecule has 3 nitrogen and oxygen atoms in total. The predicted octanol–water partition coefficient (Wildman–Crippen LogP) is 3.14. The van der Waals surface area contributed by atoms with Crippen LogP contribution in [0.15, 0.2) is 42.6 Å². The van der Waals surface area contributed by atoms with E-state index in [2.05, 4.69) is 40.2 Å². The third-order valence-corrected chi connectivity index (χ3v) is 5.59. The lowest BCUT2D eigenvalue weighted by Crippen LogP contribution is -2.41. The molecule has 0 atom stereocenters. The fourth-order valence-corrected chi connectivity index (χ4v) is 4.25. The van der Waals surface area contributed by atoms with Crippen LogP contribution in [0.1, 0.15) is 36.0 Å².